The molecular weight excluding hydrogens is 314 g/mol. The summed E-state index contributed by atoms with van der Waals surface area (Å²) in [6.07, 6.45) is 6.11. The van der Waals surface area contributed by atoms with Gasteiger partial charge in [0.05, 0.1) is 11.8 Å². The molecule has 0 radical (unpaired) electrons. The van der Waals surface area contributed by atoms with Crippen molar-refractivity contribution in [2.75, 3.05) is 11.6 Å². The number of amides is 1. The van der Waals surface area contributed by atoms with Gasteiger partial charge in [-0.1, -0.05) is 24.3 Å². The van der Waals surface area contributed by atoms with E-state index in [2.05, 4.69) is 5.32 Å². The molecule has 0 aliphatic heterocycles. The Labute approximate surface area is 138 Å². The Morgan fingerprint density at radius 1 is 1.26 bits per heavy atom. The molecule has 1 amide bonds. The van der Waals surface area contributed by atoms with E-state index in [1.807, 2.05) is 25.1 Å². The number of nitrogens with one attached hydrogen (secondary N) is 1. The molecule has 0 unspecified atom stereocenters. The molecule has 0 spiro atoms. The number of allylic oxidation sites excluding steroid dienone is 2. The van der Waals surface area contributed by atoms with E-state index in [0.29, 0.717) is 24.3 Å². The second kappa shape index (κ2) is 7.55. The van der Waals surface area contributed by atoms with E-state index in [0.717, 1.165) is 11.1 Å². The van der Waals surface area contributed by atoms with Crippen LogP contribution in [0.25, 0.3) is 0 Å². The maximum absolute atomic E-state index is 12.5. The monoisotopic (exact) mass is 335 g/mol. The summed E-state index contributed by atoms with van der Waals surface area (Å²) in [5.74, 6) is -2.05. The van der Waals surface area contributed by atoms with Crippen LogP contribution in [0.15, 0.2) is 30.4 Å². The Morgan fingerprint density at radius 2 is 1.91 bits per heavy atom. The molecule has 0 heterocycles. The van der Waals surface area contributed by atoms with Crippen molar-refractivity contribution in [1.82, 2.24) is 0 Å². The summed E-state index contributed by atoms with van der Waals surface area (Å²) in [7, 11) is -0.964. The molecule has 0 fully saturated rings. The quantitative estimate of drug-likeness (QED) is 0.810. The molecule has 0 bridgehead atoms. The molecule has 0 saturated heterocycles. The molecule has 2 N–H and O–H groups in total. The summed E-state index contributed by atoms with van der Waals surface area (Å²) in [5.41, 5.74) is 2.44. The van der Waals surface area contributed by atoms with Crippen molar-refractivity contribution in [1.29, 1.82) is 0 Å². The second-order valence-corrected chi connectivity index (χ2v) is 7.23. The first-order valence-corrected chi connectivity index (χ1v) is 9.20. The highest BCUT2D eigenvalue weighted by Gasteiger charge is 2.34. The first-order valence-electron chi connectivity index (χ1n) is 7.47. The van der Waals surface area contributed by atoms with Crippen LogP contribution < -0.4 is 5.32 Å². The van der Waals surface area contributed by atoms with Crippen LogP contribution in [-0.2, 0) is 26.1 Å². The first-order chi connectivity index (χ1) is 10.9. The summed E-state index contributed by atoms with van der Waals surface area (Å²) < 4.78 is 11.4. The molecular formula is C17H21NO4S. The number of rotatable bonds is 5. The maximum atomic E-state index is 12.5. The summed E-state index contributed by atoms with van der Waals surface area (Å²) >= 11 is 0. The van der Waals surface area contributed by atoms with Gasteiger partial charge in [-0.25, -0.2) is 0 Å². The lowest BCUT2D eigenvalue weighted by Crippen LogP contribution is -2.34. The average Bonchev–Trinajstić information content (AvgIpc) is 2.50. The van der Waals surface area contributed by atoms with E-state index in [1.54, 1.807) is 18.4 Å². The lowest BCUT2D eigenvalue weighted by atomic mass is 9.82. The van der Waals surface area contributed by atoms with E-state index >= 15 is 0 Å². The van der Waals surface area contributed by atoms with Gasteiger partial charge < -0.3 is 10.4 Å². The van der Waals surface area contributed by atoms with Crippen molar-refractivity contribution in [3.05, 3.63) is 41.5 Å². The minimum absolute atomic E-state index is 0.278. The van der Waals surface area contributed by atoms with Crippen LogP contribution in [0.2, 0.25) is 0 Å². The number of hydrogen-bond acceptors (Lipinski definition) is 3. The second-order valence-electron chi connectivity index (χ2n) is 5.79. The molecule has 5 nitrogen and oxygen atoms in total. The Hall–Kier alpha value is -1.95. The van der Waals surface area contributed by atoms with Crippen LogP contribution in [0.1, 0.15) is 24.0 Å². The standard InChI is InChI=1S/C17H21NO4S/c1-11-12(10-23(2)22)6-5-9-15(11)18-16(19)13-7-3-4-8-14(13)17(20)21/h3-6,9,13-14H,7-8,10H2,1-2H3,(H,18,19)(H,20,21)/t13-,14+,23+/m1/s1. The fourth-order valence-corrected chi connectivity index (χ4v) is 3.55. The smallest absolute Gasteiger partial charge is 0.307 e. The first kappa shape index (κ1) is 17.4. The van der Waals surface area contributed by atoms with Gasteiger partial charge in [-0.2, -0.15) is 0 Å². The Bertz CT molecular complexity index is 669. The highest BCUT2D eigenvalue weighted by molar-refractivity contribution is 7.83. The Balaban J connectivity index is 2.18. The van der Waals surface area contributed by atoms with Crippen molar-refractivity contribution >= 4 is 28.4 Å². The summed E-state index contributed by atoms with van der Waals surface area (Å²) in [4.78, 5) is 23.8. The molecule has 0 saturated carbocycles. The van der Waals surface area contributed by atoms with Crippen LogP contribution >= 0.6 is 0 Å². The SMILES string of the molecule is Cc1c(C[S@](C)=O)cccc1NC(=O)[C@@H]1CC=CC[C@@H]1C(=O)O. The van der Waals surface area contributed by atoms with Gasteiger partial charge in [-0.3, -0.25) is 13.8 Å². The molecule has 3 atom stereocenters. The van der Waals surface area contributed by atoms with Crippen molar-refractivity contribution in [2.24, 2.45) is 11.8 Å². The van der Waals surface area contributed by atoms with E-state index < -0.39 is 28.6 Å². The molecule has 1 aromatic rings. The van der Waals surface area contributed by atoms with Crippen LogP contribution in [0.4, 0.5) is 5.69 Å². The third-order valence-electron chi connectivity index (χ3n) is 4.15. The largest absolute Gasteiger partial charge is 0.481 e. The predicted octanol–water partition coefficient (Wildman–Crippen LogP) is 2.48. The molecule has 6 heteroatoms. The van der Waals surface area contributed by atoms with Crippen LogP contribution in [-0.4, -0.2) is 27.4 Å². The lowest BCUT2D eigenvalue weighted by molar-refractivity contribution is -0.146. The molecule has 1 aromatic carbocycles. The minimum atomic E-state index is -0.964. The molecule has 1 aliphatic rings. The number of aliphatic carboxylic acids is 1. The van der Waals surface area contributed by atoms with Crippen molar-refractivity contribution in [3.63, 3.8) is 0 Å². The summed E-state index contributed by atoms with van der Waals surface area (Å²) in [6, 6.07) is 5.47. The highest BCUT2D eigenvalue weighted by Crippen LogP contribution is 2.28. The molecule has 23 heavy (non-hydrogen) atoms. The van der Waals surface area contributed by atoms with Crippen LogP contribution in [0.3, 0.4) is 0 Å². The number of carbonyl (C=O) groups excluding carboxylic acids is 1. The van der Waals surface area contributed by atoms with E-state index in [4.69, 9.17) is 0 Å². The molecule has 1 aliphatic carbocycles. The van der Waals surface area contributed by atoms with Crippen molar-refractivity contribution in [3.8, 4) is 0 Å². The van der Waals surface area contributed by atoms with Gasteiger partial charge in [-0.05, 0) is 37.0 Å². The van der Waals surface area contributed by atoms with Gasteiger partial charge in [0, 0.05) is 28.5 Å². The third kappa shape index (κ3) is 4.28. The van der Waals surface area contributed by atoms with Crippen molar-refractivity contribution in [2.45, 2.75) is 25.5 Å². The number of hydrogen-bond donors (Lipinski definition) is 2. The number of carboxylic acids is 1. The zero-order valence-corrected chi connectivity index (χ0v) is 14.1. The maximum Gasteiger partial charge on any atom is 0.307 e. The van der Waals surface area contributed by atoms with Gasteiger partial charge in [0.15, 0.2) is 0 Å². The minimum Gasteiger partial charge on any atom is -0.481 e. The van der Waals surface area contributed by atoms with Gasteiger partial charge in [0.25, 0.3) is 0 Å². The zero-order valence-electron chi connectivity index (χ0n) is 13.2. The fraction of sp³-hybridized carbons (Fsp3) is 0.412. The lowest BCUT2D eigenvalue weighted by Gasteiger charge is -2.24. The molecule has 124 valence electrons. The normalized spacial score (nSPS) is 21.7. The number of carboxylic acid groups (broad SMARTS) is 1. The van der Waals surface area contributed by atoms with Gasteiger partial charge >= 0.3 is 5.97 Å². The number of carbonyl (C=O) groups is 2. The Morgan fingerprint density at radius 3 is 2.52 bits per heavy atom. The van der Waals surface area contributed by atoms with Gasteiger partial charge in [-0.15, -0.1) is 0 Å². The van der Waals surface area contributed by atoms with Gasteiger partial charge in [0.1, 0.15) is 0 Å². The Kier molecular flexibility index (Phi) is 5.71. The summed E-state index contributed by atoms with van der Waals surface area (Å²) in [6.45, 7) is 1.87. The van der Waals surface area contributed by atoms with Crippen LogP contribution in [0.5, 0.6) is 0 Å². The van der Waals surface area contributed by atoms with Gasteiger partial charge in [0.2, 0.25) is 5.91 Å². The predicted molar refractivity (Wildman–Crippen MR) is 90.6 cm³/mol. The fourth-order valence-electron chi connectivity index (χ4n) is 2.80. The topological polar surface area (TPSA) is 83.5 Å². The molecule has 2 rings (SSSR count). The third-order valence-corrected chi connectivity index (χ3v) is 4.87. The van der Waals surface area contributed by atoms with Crippen molar-refractivity contribution < 1.29 is 18.9 Å². The van der Waals surface area contributed by atoms with E-state index in [9.17, 15) is 18.9 Å². The average molecular weight is 335 g/mol. The van der Waals surface area contributed by atoms with Crippen LogP contribution in [0, 0.1) is 18.8 Å². The van der Waals surface area contributed by atoms with E-state index in [1.165, 1.54) is 0 Å². The zero-order chi connectivity index (χ0) is 17.0. The van der Waals surface area contributed by atoms with E-state index in [-0.39, 0.29) is 5.91 Å². The number of benzene rings is 1. The highest BCUT2D eigenvalue weighted by atomic mass is 32.2. The number of anilines is 1. The summed E-state index contributed by atoms with van der Waals surface area (Å²) in [5, 5.41) is 12.1. The molecule has 0 aromatic heterocycles.